The SMILES string of the molecule is c1cc(C2=NC(c3ccncc3)C(c3ccncc3)N2)ccn1. The molecule has 4 heterocycles. The maximum Gasteiger partial charge on any atom is 0.129 e. The van der Waals surface area contributed by atoms with Crippen LogP contribution in [0.2, 0.25) is 0 Å². The van der Waals surface area contributed by atoms with E-state index in [0.29, 0.717) is 0 Å². The zero-order chi connectivity index (χ0) is 15.5. The normalized spacial score (nSPS) is 19.9. The summed E-state index contributed by atoms with van der Waals surface area (Å²) in [5.74, 6) is 0.885. The zero-order valence-electron chi connectivity index (χ0n) is 12.4. The van der Waals surface area contributed by atoms with Gasteiger partial charge in [-0.25, -0.2) is 0 Å². The van der Waals surface area contributed by atoms with Crippen LogP contribution >= 0.6 is 0 Å². The van der Waals surface area contributed by atoms with E-state index in [1.54, 1.807) is 24.8 Å². The molecule has 4 rings (SSSR count). The van der Waals surface area contributed by atoms with E-state index in [2.05, 4.69) is 20.3 Å². The summed E-state index contributed by atoms with van der Waals surface area (Å²) < 4.78 is 0. The molecule has 23 heavy (non-hydrogen) atoms. The molecule has 0 saturated carbocycles. The first-order valence-electron chi connectivity index (χ1n) is 7.46. The van der Waals surface area contributed by atoms with Crippen LogP contribution in [0.5, 0.6) is 0 Å². The van der Waals surface area contributed by atoms with E-state index in [0.717, 1.165) is 22.5 Å². The Morgan fingerprint density at radius 1 is 0.652 bits per heavy atom. The third kappa shape index (κ3) is 2.68. The molecule has 2 unspecified atom stereocenters. The Morgan fingerprint density at radius 2 is 1.17 bits per heavy atom. The molecule has 3 aromatic heterocycles. The third-order valence-corrected chi connectivity index (χ3v) is 3.94. The molecule has 0 fully saturated rings. The van der Waals surface area contributed by atoms with Crippen molar-refractivity contribution in [2.45, 2.75) is 12.1 Å². The summed E-state index contributed by atoms with van der Waals surface area (Å²) in [7, 11) is 0. The molecule has 0 spiro atoms. The highest BCUT2D eigenvalue weighted by Crippen LogP contribution is 2.36. The molecule has 0 aliphatic carbocycles. The van der Waals surface area contributed by atoms with Crippen LogP contribution in [0.4, 0.5) is 0 Å². The van der Waals surface area contributed by atoms with Crippen molar-refractivity contribution in [1.82, 2.24) is 20.3 Å². The first-order valence-corrected chi connectivity index (χ1v) is 7.46. The van der Waals surface area contributed by atoms with Crippen molar-refractivity contribution in [3.63, 3.8) is 0 Å². The second-order valence-corrected chi connectivity index (χ2v) is 5.34. The number of rotatable bonds is 3. The first kappa shape index (κ1) is 13.6. The van der Waals surface area contributed by atoms with E-state index in [1.165, 1.54) is 0 Å². The number of hydrogen-bond donors (Lipinski definition) is 1. The quantitative estimate of drug-likeness (QED) is 0.808. The van der Waals surface area contributed by atoms with E-state index in [4.69, 9.17) is 4.99 Å². The van der Waals surface area contributed by atoms with E-state index in [-0.39, 0.29) is 12.1 Å². The molecule has 112 valence electrons. The Labute approximate surface area is 134 Å². The third-order valence-electron chi connectivity index (χ3n) is 3.94. The highest BCUT2D eigenvalue weighted by Gasteiger charge is 2.31. The Kier molecular flexibility index (Phi) is 3.52. The first-order chi connectivity index (χ1) is 11.4. The van der Waals surface area contributed by atoms with Gasteiger partial charge in [-0.3, -0.25) is 19.9 Å². The van der Waals surface area contributed by atoms with Crippen molar-refractivity contribution in [2.24, 2.45) is 4.99 Å². The van der Waals surface area contributed by atoms with Crippen LogP contribution in [0.3, 0.4) is 0 Å². The Morgan fingerprint density at radius 3 is 1.78 bits per heavy atom. The van der Waals surface area contributed by atoms with Crippen molar-refractivity contribution in [2.75, 3.05) is 0 Å². The number of pyridine rings is 3. The molecule has 3 aromatic rings. The largest absolute Gasteiger partial charge is 0.361 e. The predicted octanol–water partition coefficient (Wildman–Crippen LogP) is 2.70. The number of hydrogen-bond acceptors (Lipinski definition) is 5. The van der Waals surface area contributed by atoms with Crippen molar-refractivity contribution in [3.05, 3.63) is 90.3 Å². The molecule has 5 heteroatoms. The zero-order valence-corrected chi connectivity index (χ0v) is 12.4. The molecule has 2 atom stereocenters. The van der Waals surface area contributed by atoms with Crippen LogP contribution in [0, 0.1) is 0 Å². The summed E-state index contributed by atoms with van der Waals surface area (Å²) in [6.45, 7) is 0. The smallest absolute Gasteiger partial charge is 0.129 e. The van der Waals surface area contributed by atoms with Crippen molar-refractivity contribution in [1.29, 1.82) is 0 Å². The van der Waals surface area contributed by atoms with Gasteiger partial charge in [0.1, 0.15) is 11.9 Å². The Balaban J connectivity index is 1.75. The fourth-order valence-corrected chi connectivity index (χ4v) is 2.81. The van der Waals surface area contributed by atoms with Gasteiger partial charge in [0.15, 0.2) is 0 Å². The van der Waals surface area contributed by atoms with Crippen LogP contribution < -0.4 is 5.32 Å². The van der Waals surface area contributed by atoms with Gasteiger partial charge in [0.2, 0.25) is 0 Å². The molecule has 1 aliphatic rings. The lowest BCUT2D eigenvalue weighted by molar-refractivity contribution is 0.571. The summed E-state index contributed by atoms with van der Waals surface area (Å²) in [5.41, 5.74) is 3.34. The molecule has 0 bridgehead atoms. The van der Waals surface area contributed by atoms with Crippen LogP contribution in [0.25, 0.3) is 0 Å². The van der Waals surface area contributed by atoms with Crippen LogP contribution in [0.1, 0.15) is 28.8 Å². The van der Waals surface area contributed by atoms with Crippen molar-refractivity contribution in [3.8, 4) is 0 Å². The minimum Gasteiger partial charge on any atom is -0.361 e. The van der Waals surface area contributed by atoms with E-state index in [9.17, 15) is 0 Å². The van der Waals surface area contributed by atoms with E-state index < -0.39 is 0 Å². The van der Waals surface area contributed by atoms with Crippen molar-refractivity contribution < 1.29 is 0 Å². The van der Waals surface area contributed by atoms with Gasteiger partial charge < -0.3 is 5.32 Å². The molecule has 0 aromatic carbocycles. The molecule has 5 nitrogen and oxygen atoms in total. The fraction of sp³-hybridized carbons (Fsp3) is 0.111. The Hall–Kier alpha value is -3.08. The number of aromatic nitrogens is 3. The highest BCUT2D eigenvalue weighted by molar-refractivity contribution is 6.00. The van der Waals surface area contributed by atoms with Gasteiger partial charge in [0.05, 0.1) is 6.04 Å². The van der Waals surface area contributed by atoms with Gasteiger partial charge >= 0.3 is 0 Å². The monoisotopic (exact) mass is 301 g/mol. The standard InChI is InChI=1S/C18H15N5/c1-7-19-8-2-13(1)16-17(14-3-9-20-10-4-14)23-18(22-16)15-5-11-21-12-6-15/h1-12,16-17H,(H,22,23). The van der Waals surface area contributed by atoms with Gasteiger partial charge in [-0.2, -0.15) is 0 Å². The van der Waals surface area contributed by atoms with Crippen LogP contribution in [-0.2, 0) is 0 Å². The maximum absolute atomic E-state index is 4.92. The lowest BCUT2D eigenvalue weighted by Gasteiger charge is -2.19. The summed E-state index contributed by atoms with van der Waals surface area (Å²) in [6, 6.07) is 12.1. The number of amidine groups is 1. The maximum atomic E-state index is 4.92. The average Bonchev–Trinajstić information content (AvgIpc) is 3.09. The second kappa shape index (κ2) is 5.96. The number of nitrogens with one attached hydrogen (secondary N) is 1. The predicted molar refractivity (Wildman–Crippen MR) is 87.9 cm³/mol. The molecular formula is C18H15N5. The van der Waals surface area contributed by atoms with Gasteiger partial charge in [0.25, 0.3) is 0 Å². The van der Waals surface area contributed by atoms with E-state index >= 15 is 0 Å². The number of aliphatic imine (C=N–C) groups is 1. The fourth-order valence-electron chi connectivity index (χ4n) is 2.81. The second-order valence-electron chi connectivity index (χ2n) is 5.34. The van der Waals surface area contributed by atoms with Crippen molar-refractivity contribution >= 4 is 5.84 Å². The summed E-state index contributed by atoms with van der Waals surface area (Å²) in [6.07, 6.45) is 10.8. The lowest BCUT2D eigenvalue weighted by atomic mass is 9.96. The molecule has 1 aliphatic heterocycles. The summed E-state index contributed by atoms with van der Waals surface area (Å²) in [4.78, 5) is 17.2. The van der Waals surface area contributed by atoms with Crippen LogP contribution in [-0.4, -0.2) is 20.8 Å². The Bertz CT molecular complexity index is 803. The van der Waals surface area contributed by atoms with Crippen LogP contribution in [0.15, 0.2) is 78.6 Å². The molecule has 1 N–H and O–H groups in total. The molecule has 0 radical (unpaired) electrons. The minimum atomic E-state index is 0.00330. The van der Waals surface area contributed by atoms with Gasteiger partial charge in [-0.15, -0.1) is 0 Å². The molecule has 0 amide bonds. The average molecular weight is 301 g/mol. The summed E-state index contributed by atoms with van der Waals surface area (Å²) in [5, 5.41) is 3.55. The topological polar surface area (TPSA) is 63.1 Å². The minimum absolute atomic E-state index is 0.00330. The van der Waals surface area contributed by atoms with Gasteiger partial charge in [-0.05, 0) is 47.5 Å². The lowest BCUT2D eigenvalue weighted by Crippen LogP contribution is -2.25. The van der Waals surface area contributed by atoms with Gasteiger partial charge in [-0.1, -0.05) is 0 Å². The summed E-state index contributed by atoms with van der Waals surface area (Å²) >= 11 is 0. The molecular weight excluding hydrogens is 286 g/mol. The van der Waals surface area contributed by atoms with Gasteiger partial charge in [0, 0.05) is 42.7 Å². The molecule has 0 saturated heterocycles. The highest BCUT2D eigenvalue weighted by atomic mass is 15.1. The van der Waals surface area contributed by atoms with E-state index in [1.807, 2.05) is 48.8 Å². The number of nitrogens with zero attached hydrogens (tertiary/aromatic N) is 4.